The number of halogens is 1. The van der Waals surface area contributed by atoms with E-state index in [0.717, 1.165) is 14.6 Å². The fraction of sp³-hybridized carbons (Fsp3) is 0.0625. The molecule has 0 saturated carbocycles. The number of nitrogens with zero attached hydrogens (tertiary/aromatic N) is 1. The Hall–Kier alpha value is -2.09. The summed E-state index contributed by atoms with van der Waals surface area (Å²) in [5.74, 6) is -0.394. The van der Waals surface area contributed by atoms with Gasteiger partial charge in [-0.15, -0.1) is 11.3 Å². The van der Waals surface area contributed by atoms with Gasteiger partial charge in [-0.3, -0.25) is 9.59 Å². The summed E-state index contributed by atoms with van der Waals surface area (Å²) in [6.07, 6.45) is 0. The van der Waals surface area contributed by atoms with Crippen LogP contribution in [0.25, 0.3) is 10.2 Å². The maximum absolute atomic E-state index is 12.2. The Morgan fingerprint density at radius 3 is 2.67 bits per heavy atom. The van der Waals surface area contributed by atoms with Crippen LogP contribution in [0.2, 0.25) is 5.02 Å². The molecule has 0 atom stereocenters. The molecule has 24 heavy (non-hydrogen) atoms. The van der Waals surface area contributed by atoms with E-state index < -0.39 is 0 Å². The van der Waals surface area contributed by atoms with Crippen LogP contribution in [-0.2, 0) is 4.79 Å². The number of hydrogen-bond acceptors (Lipinski definition) is 5. The van der Waals surface area contributed by atoms with Crippen molar-refractivity contribution in [3.05, 3.63) is 53.1 Å². The number of anilines is 1. The smallest absolute Gasteiger partial charge is 0.255 e. The highest BCUT2D eigenvalue weighted by atomic mass is 35.5. The molecule has 2 aromatic carbocycles. The van der Waals surface area contributed by atoms with Crippen molar-refractivity contribution in [1.29, 1.82) is 0 Å². The van der Waals surface area contributed by atoms with E-state index in [1.807, 2.05) is 12.1 Å². The second-order valence-corrected chi connectivity index (χ2v) is 7.57. The maximum Gasteiger partial charge on any atom is 0.255 e. The van der Waals surface area contributed by atoms with Crippen molar-refractivity contribution in [2.24, 2.45) is 5.73 Å². The molecule has 2 amide bonds. The Labute approximate surface area is 151 Å². The number of hydrogen-bond donors (Lipinski definition) is 2. The number of primary amides is 1. The molecule has 0 saturated heterocycles. The van der Waals surface area contributed by atoms with Gasteiger partial charge in [-0.1, -0.05) is 23.4 Å². The number of aromatic nitrogens is 1. The molecule has 3 N–H and O–H groups in total. The number of fused-ring (bicyclic) bond motifs is 1. The summed E-state index contributed by atoms with van der Waals surface area (Å²) in [5, 5.41) is 3.43. The monoisotopic (exact) mass is 377 g/mol. The lowest BCUT2D eigenvalue weighted by molar-refractivity contribution is -0.115. The number of nitrogens with two attached hydrogens (primary N) is 1. The highest BCUT2D eigenvalue weighted by Gasteiger charge is 2.09. The van der Waals surface area contributed by atoms with Gasteiger partial charge in [0.25, 0.3) is 5.91 Å². The molecule has 0 aliphatic rings. The third kappa shape index (κ3) is 4.05. The van der Waals surface area contributed by atoms with E-state index >= 15 is 0 Å². The van der Waals surface area contributed by atoms with Gasteiger partial charge in [0.05, 0.1) is 16.0 Å². The van der Waals surface area contributed by atoms with E-state index in [4.69, 9.17) is 17.3 Å². The molecule has 5 nitrogen and oxygen atoms in total. The van der Waals surface area contributed by atoms with Crippen molar-refractivity contribution < 1.29 is 9.59 Å². The highest BCUT2D eigenvalue weighted by Crippen LogP contribution is 2.31. The first-order chi connectivity index (χ1) is 11.5. The number of carbonyl (C=O) groups is 2. The van der Waals surface area contributed by atoms with Crippen LogP contribution in [0.15, 0.2) is 46.8 Å². The van der Waals surface area contributed by atoms with Gasteiger partial charge in [-0.25, -0.2) is 4.98 Å². The van der Waals surface area contributed by atoms with Crippen molar-refractivity contribution in [1.82, 2.24) is 4.98 Å². The van der Waals surface area contributed by atoms with Crippen LogP contribution in [0, 0.1) is 0 Å². The normalized spacial score (nSPS) is 10.7. The van der Waals surface area contributed by atoms with Crippen molar-refractivity contribution in [3.8, 4) is 0 Å². The van der Waals surface area contributed by atoms with Gasteiger partial charge in [0, 0.05) is 16.3 Å². The molecular weight excluding hydrogens is 366 g/mol. The van der Waals surface area contributed by atoms with Crippen molar-refractivity contribution in [2.75, 3.05) is 11.1 Å². The van der Waals surface area contributed by atoms with E-state index in [-0.39, 0.29) is 17.6 Å². The lowest BCUT2D eigenvalue weighted by Crippen LogP contribution is -2.12. The number of thiazole rings is 1. The van der Waals surface area contributed by atoms with Gasteiger partial charge in [-0.05, 0) is 42.5 Å². The lowest BCUT2D eigenvalue weighted by atomic mass is 10.2. The molecule has 0 radical (unpaired) electrons. The molecule has 3 rings (SSSR count). The van der Waals surface area contributed by atoms with E-state index in [2.05, 4.69) is 10.3 Å². The lowest BCUT2D eigenvalue weighted by Gasteiger charge is -2.05. The zero-order valence-electron chi connectivity index (χ0n) is 12.3. The van der Waals surface area contributed by atoms with Crippen molar-refractivity contribution >= 4 is 62.4 Å². The summed E-state index contributed by atoms with van der Waals surface area (Å²) in [6, 6.07) is 12.2. The summed E-state index contributed by atoms with van der Waals surface area (Å²) in [4.78, 5) is 27.5. The zero-order valence-corrected chi connectivity index (χ0v) is 14.7. The number of nitrogens with one attached hydrogen (secondary N) is 1. The molecule has 1 aromatic heterocycles. The zero-order chi connectivity index (χ0) is 17.1. The Morgan fingerprint density at radius 1 is 1.21 bits per heavy atom. The Kier molecular flexibility index (Phi) is 5.03. The SMILES string of the molecule is NC(=O)CSc1nc2ccc(NC(=O)c3ccc(Cl)cc3)cc2s1. The van der Waals surface area contributed by atoms with Crippen LogP contribution in [0.3, 0.4) is 0 Å². The number of amides is 2. The van der Waals surface area contributed by atoms with E-state index in [9.17, 15) is 9.59 Å². The van der Waals surface area contributed by atoms with Gasteiger partial charge in [0.15, 0.2) is 4.34 Å². The number of carbonyl (C=O) groups excluding carboxylic acids is 2. The highest BCUT2D eigenvalue weighted by molar-refractivity contribution is 8.01. The van der Waals surface area contributed by atoms with Gasteiger partial charge in [0.2, 0.25) is 5.91 Å². The minimum absolute atomic E-state index is 0.194. The van der Waals surface area contributed by atoms with E-state index in [1.54, 1.807) is 30.3 Å². The fourth-order valence-corrected chi connectivity index (χ4v) is 3.95. The minimum atomic E-state index is -0.379. The maximum atomic E-state index is 12.2. The summed E-state index contributed by atoms with van der Waals surface area (Å²) < 4.78 is 1.70. The van der Waals surface area contributed by atoms with Gasteiger partial charge < -0.3 is 11.1 Å². The van der Waals surface area contributed by atoms with Crippen LogP contribution >= 0.6 is 34.7 Å². The third-order valence-electron chi connectivity index (χ3n) is 3.07. The van der Waals surface area contributed by atoms with Crippen molar-refractivity contribution in [2.45, 2.75) is 4.34 Å². The van der Waals surface area contributed by atoms with Gasteiger partial charge >= 0.3 is 0 Å². The Balaban J connectivity index is 1.76. The van der Waals surface area contributed by atoms with E-state index in [1.165, 1.54) is 23.1 Å². The summed E-state index contributed by atoms with van der Waals surface area (Å²) in [6.45, 7) is 0. The summed E-state index contributed by atoms with van der Waals surface area (Å²) in [5.41, 5.74) is 7.16. The average molecular weight is 378 g/mol. The predicted molar refractivity (Wildman–Crippen MR) is 98.9 cm³/mol. The molecule has 3 aromatic rings. The molecular formula is C16H12ClN3O2S2. The van der Waals surface area contributed by atoms with Crippen LogP contribution in [0.4, 0.5) is 5.69 Å². The Bertz CT molecular complexity index is 909. The first kappa shape index (κ1) is 16.8. The Morgan fingerprint density at radius 2 is 1.96 bits per heavy atom. The quantitative estimate of drug-likeness (QED) is 0.662. The fourth-order valence-electron chi connectivity index (χ4n) is 1.98. The van der Waals surface area contributed by atoms with Crippen molar-refractivity contribution in [3.63, 3.8) is 0 Å². The molecule has 0 aliphatic carbocycles. The first-order valence-electron chi connectivity index (χ1n) is 6.90. The van der Waals surface area contributed by atoms with Crippen LogP contribution in [0.1, 0.15) is 10.4 Å². The summed E-state index contributed by atoms with van der Waals surface area (Å²) >= 11 is 8.58. The number of benzene rings is 2. The average Bonchev–Trinajstić information content (AvgIpc) is 2.95. The standard InChI is InChI=1S/C16H12ClN3O2S2/c17-10-3-1-9(2-4-10)15(22)19-11-5-6-12-13(7-11)24-16(20-12)23-8-14(18)21/h1-7H,8H2,(H2,18,21)(H,19,22). The predicted octanol–water partition coefficient (Wildman–Crippen LogP) is 3.78. The minimum Gasteiger partial charge on any atom is -0.369 e. The first-order valence-corrected chi connectivity index (χ1v) is 9.08. The molecule has 0 spiro atoms. The molecule has 0 aliphatic heterocycles. The van der Waals surface area contributed by atoms with Gasteiger partial charge in [-0.2, -0.15) is 0 Å². The largest absolute Gasteiger partial charge is 0.369 e. The number of thioether (sulfide) groups is 1. The third-order valence-corrected chi connectivity index (χ3v) is 5.51. The number of rotatable bonds is 5. The molecule has 8 heteroatoms. The van der Waals surface area contributed by atoms with Crippen LogP contribution in [-0.4, -0.2) is 22.6 Å². The van der Waals surface area contributed by atoms with E-state index in [0.29, 0.717) is 16.3 Å². The molecule has 122 valence electrons. The molecule has 0 bridgehead atoms. The second-order valence-electron chi connectivity index (χ2n) is 4.88. The van der Waals surface area contributed by atoms with Gasteiger partial charge in [0.1, 0.15) is 0 Å². The van der Waals surface area contributed by atoms with Crippen LogP contribution < -0.4 is 11.1 Å². The molecule has 0 unspecified atom stereocenters. The summed E-state index contributed by atoms with van der Waals surface area (Å²) in [7, 11) is 0. The second kappa shape index (κ2) is 7.21. The molecule has 1 heterocycles. The van der Waals surface area contributed by atoms with Crippen LogP contribution in [0.5, 0.6) is 0 Å². The molecule has 0 fully saturated rings. The topological polar surface area (TPSA) is 85.1 Å².